The van der Waals surface area contributed by atoms with Crippen LogP contribution >= 0.6 is 0 Å². The Morgan fingerprint density at radius 3 is 2.35 bits per heavy atom. The molecule has 0 radical (unpaired) electrons. The maximum absolute atomic E-state index is 11.7. The van der Waals surface area contributed by atoms with Gasteiger partial charge in [-0.25, -0.2) is 0 Å². The first-order valence-corrected chi connectivity index (χ1v) is 6.43. The summed E-state index contributed by atoms with van der Waals surface area (Å²) in [5.41, 5.74) is 5.37. The summed E-state index contributed by atoms with van der Waals surface area (Å²) in [5, 5.41) is 5.33. The molecular formula is C14H21N3O3. The molecule has 0 saturated heterocycles. The SMILES string of the molecule is CCNC(=O)COc1ccc(NC(=O)C(C)(C)N)cc1. The highest BCUT2D eigenvalue weighted by atomic mass is 16.5. The predicted molar refractivity (Wildman–Crippen MR) is 77.5 cm³/mol. The zero-order valence-electron chi connectivity index (χ0n) is 12.0. The summed E-state index contributed by atoms with van der Waals surface area (Å²) >= 11 is 0. The second-order valence-electron chi connectivity index (χ2n) is 4.94. The Bertz CT molecular complexity index is 464. The van der Waals surface area contributed by atoms with Crippen molar-refractivity contribution in [1.82, 2.24) is 5.32 Å². The maximum Gasteiger partial charge on any atom is 0.257 e. The molecule has 0 atom stereocenters. The average Bonchev–Trinajstić information content (AvgIpc) is 2.37. The summed E-state index contributed by atoms with van der Waals surface area (Å²) in [6.07, 6.45) is 0. The Hall–Kier alpha value is -2.08. The van der Waals surface area contributed by atoms with Crippen LogP contribution in [0.2, 0.25) is 0 Å². The molecule has 0 fully saturated rings. The van der Waals surface area contributed by atoms with Crippen molar-refractivity contribution in [2.45, 2.75) is 26.3 Å². The number of ether oxygens (including phenoxy) is 1. The molecule has 0 aromatic heterocycles. The van der Waals surface area contributed by atoms with Gasteiger partial charge >= 0.3 is 0 Å². The summed E-state index contributed by atoms with van der Waals surface area (Å²) in [6.45, 7) is 5.64. The number of carbonyl (C=O) groups excluding carboxylic acids is 2. The Labute approximate surface area is 118 Å². The van der Waals surface area contributed by atoms with Crippen LogP contribution in [0.5, 0.6) is 5.75 Å². The highest BCUT2D eigenvalue weighted by Gasteiger charge is 2.21. The number of rotatable bonds is 6. The van der Waals surface area contributed by atoms with E-state index in [0.717, 1.165) is 0 Å². The minimum atomic E-state index is -0.937. The van der Waals surface area contributed by atoms with Gasteiger partial charge in [0.15, 0.2) is 6.61 Å². The number of carbonyl (C=O) groups is 2. The lowest BCUT2D eigenvalue weighted by atomic mass is 10.1. The molecule has 1 aromatic rings. The first kappa shape index (κ1) is 16.0. The van der Waals surface area contributed by atoms with E-state index in [9.17, 15) is 9.59 Å². The van der Waals surface area contributed by atoms with Gasteiger partial charge in [-0.15, -0.1) is 0 Å². The van der Waals surface area contributed by atoms with Crippen molar-refractivity contribution in [3.05, 3.63) is 24.3 Å². The number of anilines is 1. The van der Waals surface area contributed by atoms with Gasteiger partial charge in [-0.05, 0) is 45.0 Å². The molecule has 6 nitrogen and oxygen atoms in total. The van der Waals surface area contributed by atoms with E-state index in [1.54, 1.807) is 38.1 Å². The Kier molecular flexibility index (Phi) is 5.52. The second kappa shape index (κ2) is 6.91. The lowest BCUT2D eigenvalue weighted by molar-refractivity contribution is -0.123. The number of hydrogen-bond acceptors (Lipinski definition) is 4. The van der Waals surface area contributed by atoms with Crippen LogP contribution in [0.15, 0.2) is 24.3 Å². The normalized spacial score (nSPS) is 10.8. The molecule has 2 amide bonds. The van der Waals surface area contributed by atoms with E-state index in [2.05, 4.69) is 10.6 Å². The third kappa shape index (κ3) is 5.27. The topological polar surface area (TPSA) is 93.5 Å². The summed E-state index contributed by atoms with van der Waals surface area (Å²) in [4.78, 5) is 22.9. The zero-order chi connectivity index (χ0) is 15.2. The van der Waals surface area contributed by atoms with Crippen molar-refractivity contribution in [3.63, 3.8) is 0 Å². The van der Waals surface area contributed by atoms with E-state index in [0.29, 0.717) is 18.0 Å². The van der Waals surface area contributed by atoms with Gasteiger partial charge in [0.2, 0.25) is 5.91 Å². The fourth-order valence-corrected chi connectivity index (χ4v) is 1.32. The second-order valence-corrected chi connectivity index (χ2v) is 4.94. The van der Waals surface area contributed by atoms with Crippen molar-refractivity contribution < 1.29 is 14.3 Å². The molecule has 4 N–H and O–H groups in total. The molecule has 0 aliphatic carbocycles. The molecule has 6 heteroatoms. The van der Waals surface area contributed by atoms with Gasteiger partial charge in [-0.2, -0.15) is 0 Å². The van der Waals surface area contributed by atoms with E-state index in [4.69, 9.17) is 10.5 Å². The quantitative estimate of drug-likeness (QED) is 0.720. The van der Waals surface area contributed by atoms with Crippen molar-refractivity contribution in [2.75, 3.05) is 18.5 Å². The van der Waals surface area contributed by atoms with Gasteiger partial charge in [-0.3, -0.25) is 9.59 Å². The third-order valence-corrected chi connectivity index (χ3v) is 2.44. The van der Waals surface area contributed by atoms with Crippen LogP contribution in [0.1, 0.15) is 20.8 Å². The highest BCUT2D eigenvalue weighted by Crippen LogP contribution is 2.16. The number of benzene rings is 1. The predicted octanol–water partition coefficient (Wildman–Crippen LogP) is 0.877. The summed E-state index contributed by atoms with van der Waals surface area (Å²) in [7, 11) is 0. The van der Waals surface area contributed by atoms with Crippen LogP contribution in [-0.2, 0) is 9.59 Å². The van der Waals surface area contributed by atoms with Crippen LogP contribution in [0, 0.1) is 0 Å². The Balaban J connectivity index is 2.52. The minimum Gasteiger partial charge on any atom is -0.484 e. The van der Waals surface area contributed by atoms with Gasteiger partial charge in [-0.1, -0.05) is 0 Å². The van der Waals surface area contributed by atoms with Crippen LogP contribution in [-0.4, -0.2) is 30.5 Å². The fraction of sp³-hybridized carbons (Fsp3) is 0.429. The highest BCUT2D eigenvalue weighted by molar-refractivity contribution is 5.97. The van der Waals surface area contributed by atoms with Crippen LogP contribution in [0.3, 0.4) is 0 Å². The number of nitrogens with two attached hydrogens (primary N) is 1. The first-order valence-electron chi connectivity index (χ1n) is 6.43. The molecule has 1 rings (SSSR count). The molecule has 0 heterocycles. The lowest BCUT2D eigenvalue weighted by Crippen LogP contribution is -2.45. The Morgan fingerprint density at radius 1 is 1.25 bits per heavy atom. The van der Waals surface area contributed by atoms with Gasteiger partial charge < -0.3 is 21.1 Å². The first-order chi connectivity index (χ1) is 9.32. The molecule has 0 saturated carbocycles. The minimum absolute atomic E-state index is 0.0324. The molecular weight excluding hydrogens is 258 g/mol. The van der Waals surface area contributed by atoms with Gasteiger partial charge in [0.05, 0.1) is 5.54 Å². The van der Waals surface area contributed by atoms with Crippen molar-refractivity contribution in [2.24, 2.45) is 5.73 Å². The third-order valence-electron chi connectivity index (χ3n) is 2.44. The smallest absolute Gasteiger partial charge is 0.257 e. The van der Waals surface area contributed by atoms with E-state index < -0.39 is 5.54 Å². The van der Waals surface area contributed by atoms with Crippen molar-refractivity contribution in [3.8, 4) is 5.75 Å². The number of hydrogen-bond donors (Lipinski definition) is 3. The number of nitrogens with one attached hydrogen (secondary N) is 2. The molecule has 110 valence electrons. The molecule has 0 spiro atoms. The van der Waals surface area contributed by atoms with Crippen LogP contribution in [0.25, 0.3) is 0 Å². The molecule has 0 unspecified atom stereocenters. The van der Waals surface area contributed by atoms with Gasteiger partial charge in [0, 0.05) is 12.2 Å². The van der Waals surface area contributed by atoms with Crippen LogP contribution in [0.4, 0.5) is 5.69 Å². The van der Waals surface area contributed by atoms with Crippen molar-refractivity contribution >= 4 is 17.5 Å². The van der Waals surface area contributed by atoms with Crippen molar-refractivity contribution in [1.29, 1.82) is 0 Å². The van der Waals surface area contributed by atoms with E-state index >= 15 is 0 Å². The largest absolute Gasteiger partial charge is 0.484 e. The average molecular weight is 279 g/mol. The monoisotopic (exact) mass is 279 g/mol. The molecule has 20 heavy (non-hydrogen) atoms. The van der Waals surface area contributed by atoms with Gasteiger partial charge in [0.1, 0.15) is 5.75 Å². The molecule has 1 aromatic carbocycles. The van der Waals surface area contributed by atoms with E-state index in [1.807, 2.05) is 6.92 Å². The lowest BCUT2D eigenvalue weighted by Gasteiger charge is -2.17. The number of amides is 2. The summed E-state index contributed by atoms with van der Waals surface area (Å²) < 4.78 is 5.30. The number of likely N-dealkylation sites (N-methyl/N-ethyl adjacent to an activating group) is 1. The maximum atomic E-state index is 11.7. The van der Waals surface area contributed by atoms with Crippen LogP contribution < -0.4 is 21.1 Å². The van der Waals surface area contributed by atoms with E-state index in [-0.39, 0.29) is 18.4 Å². The summed E-state index contributed by atoms with van der Waals surface area (Å²) in [5.74, 6) is 0.115. The fourth-order valence-electron chi connectivity index (χ4n) is 1.32. The van der Waals surface area contributed by atoms with Gasteiger partial charge in [0.25, 0.3) is 5.91 Å². The molecule has 0 aliphatic rings. The zero-order valence-corrected chi connectivity index (χ0v) is 12.0. The Morgan fingerprint density at radius 2 is 1.85 bits per heavy atom. The summed E-state index contributed by atoms with van der Waals surface area (Å²) in [6, 6.07) is 6.74. The van der Waals surface area contributed by atoms with E-state index in [1.165, 1.54) is 0 Å². The standard InChI is InChI=1S/C14H21N3O3/c1-4-16-12(18)9-20-11-7-5-10(6-8-11)17-13(19)14(2,3)15/h5-8H,4,9,15H2,1-3H3,(H,16,18)(H,17,19). The molecule has 0 bridgehead atoms. The molecule has 0 aliphatic heterocycles.